The fourth-order valence-corrected chi connectivity index (χ4v) is 3.63. The van der Waals surface area contributed by atoms with Crippen molar-refractivity contribution in [3.63, 3.8) is 0 Å². The Labute approximate surface area is 152 Å². The van der Waals surface area contributed by atoms with Crippen molar-refractivity contribution in [1.29, 1.82) is 0 Å². The van der Waals surface area contributed by atoms with Crippen LogP contribution in [0.4, 0.5) is 0 Å². The van der Waals surface area contributed by atoms with Crippen LogP contribution in [0, 0.1) is 13.8 Å². The van der Waals surface area contributed by atoms with E-state index in [2.05, 4.69) is 63.8 Å². The highest BCUT2D eigenvalue weighted by atomic mass is 32.1. The predicted octanol–water partition coefficient (Wildman–Crippen LogP) is 3.19. The number of aromatic nitrogens is 2. The summed E-state index contributed by atoms with van der Waals surface area (Å²) >= 11 is 1.75. The van der Waals surface area contributed by atoms with Crippen LogP contribution in [0.25, 0.3) is 10.9 Å². The number of H-pyrrole nitrogens is 1. The number of hydrogen-bond acceptors (Lipinski definition) is 3. The summed E-state index contributed by atoms with van der Waals surface area (Å²) in [6.45, 7) is 5.88. The van der Waals surface area contributed by atoms with Gasteiger partial charge in [0, 0.05) is 54.7 Å². The van der Waals surface area contributed by atoms with E-state index in [0.29, 0.717) is 0 Å². The van der Waals surface area contributed by atoms with Gasteiger partial charge < -0.3 is 15.6 Å². The summed E-state index contributed by atoms with van der Waals surface area (Å²) in [6.07, 6.45) is 5.90. The van der Waals surface area contributed by atoms with Gasteiger partial charge in [0.25, 0.3) is 0 Å². The van der Waals surface area contributed by atoms with Crippen LogP contribution in [0.15, 0.2) is 35.6 Å². The molecule has 0 aliphatic rings. The average molecular weight is 356 g/mol. The Bertz CT molecular complexity index is 862. The van der Waals surface area contributed by atoms with E-state index in [1.807, 2.05) is 6.20 Å². The number of aliphatic imine (C=N–C) groups is 1. The molecule has 0 spiro atoms. The maximum atomic E-state index is 4.38. The number of aryl methyl sites for hydroxylation is 2. The molecule has 3 N–H and O–H groups in total. The number of fused-ring (bicyclic) bond motifs is 1. The number of aromatic amines is 1. The van der Waals surface area contributed by atoms with Gasteiger partial charge >= 0.3 is 0 Å². The molecule has 3 rings (SSSR count). The quantitative estimate of drug-likeness (QED) is 0.470. The Hall–Kier alpha value is -2.34. The third-order valence-corrected chi connectivity index (χ3v) is 5.11. The molecule has 3 aromatic rings. The van der Waals surface area contributed by atoms with Crippen molar-refractivity contribution in [1.82, 2.24) is 20.6 Å². The van der Waals surface area contributed by atoms with E-state index < -0.39 is 0 Å². The van der Waals surface area contributed by atoms with Crippen LogP contribution in [0.1, 0.15) is 21.0 Å². The molecule has 0 atom stereocenters. The molecule has 0 bridgehead atoms. The smallest absolute Gasteiger partial charge is 0.191 e. The number of nitrogens with one attached hydrogen (secondary N) is 3. The summed E-state index contributed by atoms with van der Waals surface area (Å²) in [4.78, 5) is 13.3. The van der Waals surface area contributed by atoms with Crippen molar-refractivity contribution < 1.29 is 0 Å². The highest BCUT2D eigenvalue weighted by molar-refractivity contribution is 7.11. The molecule has 0 aliphatic heterocycles. The first kappa shape index (κ1) is 17.5. The van der Waals surface area contributed by atoms with Crippen LogP contribution < -0.4 is 10.6 Å². The monoisotopic (exact) mass is 355 g/mol. The minimum Gasteiger partial charge on any atom is -0.361 e. The first-order valence-corrected chi connectivity index (χ1v) is 9.40. The van der Waals surface area contributed by atoms with Gasteiger partial charge in [-0.3, -0.25) is 4.99 Å². The van der Waals surface area contributed by atoms with E-state index in [-0.39, 0.29) is 0 Å². The molecule has 25 heavy (non-hydrogen) atoms. The first-order valence-electron chi connectivity index (χ1n) is 8.58. The normalized spacial score (nSPS) is 11.9. The van der Waals surface area contributed by atoms with Crippen LogP contribution in [-0.2, 0) is 12.8 Å². The molecule has 6 heteroatoms. The molecule has 0 saturated heterocycles. The summed E-state index contributed by atoms with van der Waals surface area (Å²) in [7, 11) is 1.80. The number of hydrogen-bond donors (Lipinski definition) is 3. The molecular formula is C19H25N5S. The van der Waals surface area contributed by atoms with Crippen LogP contribution in [-0.4, -0.2) is 36.1 Å². The van der Waals surface area contributed by atoms with Crippen molar-refractivity contribution in [2.45, 2.75) is 26.7 Å². The minimum atomic E-state index is 0.832. The lowest BCUT2D eigenvalue weighted by atomic mass is 10.1. The van der Waals surface area contributed by atoms with Crippen molar-refractivity contribution in [3.8, 4) is 0 Å². The number of benzene rings is 1. The topological polar surface area (TPSA) is 65.1 Å². The van der Waals surface area contributed by atoms with Gasteiger partial charge in [0.2, 0.25) is 0 Å². The number of rotatable bonds is 6. The van der Waals surface area contributed by atoms with Gasteiger partial charge in [0.05, 0.1) is 5.01 Å². The zero-order valence-corrected chi connectivity index (χ0v) is 15.8. The lowest BCUT2D eigenvalue weighted by Gasteiger charge is -2.11. The standard InChI is InChI=1S/C19H25N5S/c1-13-4-5-16-15(12-23-17(16)10-13)6-8-21-19(20-3)22-9-7-18-24-11-14(2)25-18/h4-5,10-12,23H,6-9H2,1-3H3,(H2,20,21,22). The van der Waals surface area contributed by atoms with Gasteiger partial charge in [0.1, 0.15) is 0 Å². The summed E-state index contributed by atoms with van der Waals surface area (Å²) < 4.78 is 0. The summed E-state index contributed by atoms with van der Waals surface area (Å²) in [5, 5.41) is 9.19. The van der Waals surface area contributed by atoms with E-state index >= 15 is 0 Å². The average Bonchev–Trinajstić information content (AvgIpc) is 3.19. The molecule has 132 valence electrons. The fourth-order valence-electron chi connectivity index (χ4n) is 2.85. The lowest BCUT2D eigenvalue weighted by Crippen LogP contribution is -2.39. The Morgan fingerprint density at radius 1 is 1.20 bits per heavy atom. The molecule has 1 aromatic carbocycles. The molecule has 0 saturated carbocycles. The molecular weight excluding hydrogens is 330 g/mol. The van der Waals surface area contributed by atoms with Crippen molar-refractivity contribution in [3.05, 3.63) is 51.6 Å². The second-order valence-corrected chi connectivity index (χ2v) is 7.47. The third kappa shape index (κ3) is 4.60. The van der Waals surface area contributed by atoms with E-state index in [1.54, 1.807) is 18.4 Å². The lowest BCUT2D eigenvalue weighted by molar-refractivity contribution is 0.783. The Morgan fingerprint density at radius 3 is 2.72 bits per heavy atom. The highest BCUT2D eigenvalue weighted by Crippen LogP contribution is 2.19. The summed E-state index contributed by atoms with van der Waals surface area (Å²) in [5.41, 5.74) is 3.81. The maximum Gasteiger partial charge on any atom is 0.191 e. The zero-order chi connectivity index (χ0) is 17.6. The number of thiazole rings is 1. The minimum absolute atomic E-state index is 0.832. The van der Waals surface area contributed by atoms with Crippen LogP contribution in [0.5, 0.6) is 0 Å². The van der Waals surface area contributed by atoms with E-state index in [9.17, 15) is 0 Å². The molecule has 2 aromatic heterocycles. The molecule has 0 aliphatic carbocycles. The van der Waals surface area contributed by atoms with Gasteiger partial charge in [-0.2, -0.15) is 0 Å². The van der Waals surface area contributed by atoms with Gasteiger partial charge in [-0.15, -0.1) is 11.3 Å². The Kier molecular flexibility index (Phi) is 5.71. The van der Waals surface area contributed by atoms with Crippen molar-refractivity contribution in [2.24, 2.45) is 4.99 Å². The Morgan fingerprint density at radius 2 is 2.00 bits per heavy atom. The van der Waals surface area contributed by atoms with Gasteiger partial charge in [0.15, 0.2) is 5.96 Å². The van der Waals surface area contributed by atoms with E-state index in [1.165, 1.54) is 26.9 Å². The zero-order valence-electron chi connectivity index (χ0n) is 15.0. The second-order valence-electron chi connectivity index (χ2n) is 6.15. The van der Waals surface area contributed by atoms with Crippen molar-refractivity contribution in [2.75, 3.05) is 20.1 Å². The molecule has 5 nitrogen and oxygen atoms in total. The summed E-state index contributed by atoms with van der Waals surface area (Å²) in [6, 6.07) is 6.54. The van der Waals surface area contributed by atoms with E-state index in [4.69, 9.17) is 0 Å². The molecule has 2 heterocycles. The number of nitrogens with zero attached hydrogens (tertiary/aromatic N) is 2. The second kappa shape index (κ2) is 8.16. The molecule has 0 fully saturated rings. The molecule has 0 amide bonds. The molecule has 0 unspecified atom stereocenters. The van der Waals surface area contributed by atoms with Gasteiger partial charge in [-0.1, -0.05) is 12.1 Å². The van der Waals surface area contributed by atoms with Gasteiger partial charge in [-0.05, 0) is 37.5 Å². The van der Waals surface area contributed by atoms with Crippen molar-refractivity contribution >= 4 is 28.2 Å². The van der Waals surface area contributed by atoms with Crippen LogP contribution in [0.2, 0.25) is 0 Å². The maximum absolute atomic E-state index is 4.38. The number of guanidine groups is 1. The predicted molar refractivity (Wildman–Crippen MR) is 107 cm³/mol. The van der Waals surface area contributed by atoms with E-state index in [0.717, 1.165) is 36.9 Å². The first-order chi connectivity index (χ1) is 12.2. The fraction of sp³-hybridized carbons (Fsp3) is 0.368. The van der Waals surface area contributed by atoms with Gasteiger partial charge in [-0.25, -0.2) is 4.98 Å². The van der Waals surface area contributed by atoms with Crippen LogP contribution >= 0.6 is 11.3 Å². The van der Waals surface area contributed by atoms with Crippen LogP contribution in [0.3, 0.4) is 0 Å². The summed E-state index contributed by atoms with van der Waals surface area (Å²) in [5.74, 6) is 0.837. The molecule has 0 radical (unpaired) electrons. The largest absolute Gasteiger partial charge is 0.361 e. The third-order valence-electron chi connectivity index (χ3n) is 4.13. The SMILES string of the molecule is CN=C(NCCc1ncc(C)s1)NCCc1c[nH]c2cc(C)ccc12. The Balaban J connectivity index is 1.46. The highest BCUT2D eigenvalue weighted by Gasteiger charge is 2.05.